The van der Waals surface area contributed by atoms with Crippen molar-refractivity contribution >= 4 is 34.8 Å². The lowest BCUT2D eigenvalue weighted by Crippen LogP contribution is -2.13. The number of rotatable bonds is 4. The Bertz CT molecular complexity index is 949. The Labute approximate surface area is 150 Å². The standard InChI is InChI=1S/C17H10ClF3N4O/c18-10-3-1-9(2-4-10)17(26)23-14-8-7-13(24-25-14)22-12-6-5-11(19)15(20)16(12)21/h1-8H,(H,22,24)(H,23,25,26). The summed E-state index contributed by atoms with van der Waals surface area (Å²) in [4.78, 5) is 12.1. The minimum absolute atomic E-state index is 0.0828. The first-order chi connectivity index (χ1) is 12.4. The van der Waals surface area contributed by atoms with Crippen molar-refractivity contribution in [3.8, 4) is 0 Å². The third-order valence-corrected chi connectivity index (χ3v) is 3.56. The number of nitrogens with one attached hydrogen (secondary N) is 2. The molecule has 26 heavy (non-hydrogen) atoms. The molecule has 3 rings (SSSR count). The summed E-state index contributed by atoms with van der Waals surface area (Å²) in [5.74, 6) is -4.43. The van der Waals surface area contributed by atoms with Crippen molar-refractivity contribution in [3.05, 3.63) is 76.6 Å². The van der Waals surface area contributed by atoms with E-state index in [-0.39, 0.29) is 17.3 Å². The van der Waals surface area contributed by atoms with Crippen LogP contribution in [0, 0.1) is 17.5 Å². The molecular formula is C17H10ClF3N4O. The van der Waals surface area contributed by atoms with Gasteiger partial charge in [0, 0.05) is 10.6 Å². The minimum atomic E-state index is -1.59. The Hall–Kier alpha value is -3.13. The Morgan fingerprint density at radius 1 is 0.846 bits per heavy atom. The van der Waals surface area contributed by atoms with Gasteiger partial charge in [0.2, 0.25) is 0 Å². The monoisotopic (exact) mass is 378 g/mol. The number of halogens is 4. The van der Waals surface area contributed by atoms with E-state index in [9.17, 15) is 18.0 Å². The first-order valence-corrected chi connectivity index (χ1v) is 7.63. The number of aromatic nitrogens is 2. The number of anilines is 3. The molecule has 3 aromatic rings. The lowest BCUT2D eigenvalue weighted by Gasteiger charge is -2.08. The maximum Gasteiger partial charge on any atom is 0.256 e. The zero-order valence-corrected chi connectivity index (χ0v) is 13.7. The van der Waals surface area contributed by atoms with Crippen LogP contribution in [0.1, 0.15) is 10.4 Å². The first kappa shape index (κ1) is 17.7. The Balaban J connectivity index is 1.70. The molecule has 0 aliphatic heterocycles. The largest absolute Gasteiger partial charge is 0.336 e. The molecule has 0 saturated heterocycles. The minimum Gasteiger partial charge on any atom is -0.336 e. The molecular weight excluding hydrogens is 369 g/mol. The van der Waals surface area contributed by atoms with E-state index in [1.54, 1.807) is 24.3 Å². The van der Waals surface area contributed by atoms with Gasteiger partial charge in [-0.15, -0.1) is 10.2 Å². The van der Waals surface area contributed by atoms with E-state index >= 15 is 0 Å². The number of benzene rings is 2. The van der Waals surface area contributed by atoms with Crippen molar-refractivity contribution in [2.24, 2.45) is 0 Å². The fourth-order valence-electron chi connectivity index (χ4n) is 2.02. The summed E-state index contributed by atoms with van der Waals surface area (Å²) in [6.07, 6.45) is 0. The van der Waals surface area contributed by atoms with Crippen LogP contribution in [0.3, 0.4) is 0 Å². The van der Waals surface area contributed by atoms with Crippen LogP contribution in [0.2, 0.25) is 5.02 Å². The highest BCUT2D eigenvalue weighted by Crippen LogP contribution is 2.22. The van der Waals surface area contributed by atoms with Crippen molar-refractivity contribution in [2.75, 3.05) is 10.6 Å². The summed E-state index contributed by atoms with van der Waals surface area (Å²) in [7, 11) is 0. The number of carbonyl (C=O) groups excluding carboxylic acids is 1. The second-order valence-electron chi connectivity index (χ2n) is 5.11. The van der Waals surface area contributed by atoms with E-state index in [0.717, 1.165) is 12.1 Å². The van der Waals surface area contributed by atoms with Gasteiger partial charge in [0.05, 0.1) is 5.69 Å². The second-order valence-corrected chi connectivity index (χ2v) is 5.55. The van der Waals surface area contributed by atoms with Crippen LogP contribution in [0.5, 0.6) is 0 Å². The van der Waals surface area contributed by atoms with Gasteiger partial charge < -0.3 is 10.6 Å². The molecule has 2 aromatic carbocycles. The molecule has 2 N–H and O–H groups in total. The van der Waals surface area contributed by atoms with Crippen molar-refractivity contribution in [2.45, 2.75) is 0 Å². The van der Waals surface area contributed by atoms with Gasteiger partial charge in [-0.3, -0.25) is 4.79 Å². The molecule has 0 aliphatic carbocycles. The van der Waals surface area contributed by atoms with Gasteiger partial charge in [-0.05, 0) is 48.5 Å². The van der Waals surface area contributed by atoms with E-state index in [1.807, 2.05) is 0 Å². The van der Waals surface area contributed by atoms with E-state index in [0.29, 0.717) is 10.6 Å². The fraction of sp³-hybridized carbons (Fsp3) is 0. The highest BCUT2D eigenvalue weighted by atomic mass is 35.5. The van der Waals surface area contributed by atoms with E-state index in [1.165, 1.54) is 12.1 Å². The molecule has 0 fully saturated rings. The van der Waals surface area contributed by atoms with Crippen molar-refractivity contribution in [3.63, 3.8) is 0 Å². The van der Waals surface area contributed by atoms with Crippen LogP contribution in [-0.4, -0.2) is 16.1 Å². The van der Waals surface area contributed by atoms with Gasteiger partial charge in [-0.2, -0.15) is 0 Å². The average Bonchev–Trinajstić information content (AvgIpc) is 2.64. The predicted octanol–water partition coefficient (Wildman–Crippen LogP) is 4.54. The van der Waals surface area contributed by atoms with Gasteiger partial charge in [-0.1, -0.05) is 11.6 Å². The molecule has 0 radical (unpaired) electrons. The summed E-state index contributed by atoms with van der Waals surface area (Å²) in [6, 6.07) is 10.9. The topological polar surface area (TPSA) is 66.9 Å². The zero-order valence-electron chi connectivity index (χ0n) is 12.9. The van der Waals surface area contributed by atoms with Crippen LogP contribution in [0.4, 0.5) is 30.5 Å². The van der Waals surface area contributed by atoms with Crippen LogP contribution in [0.25, 0.3) is 0 Å². The normalized spacial score (nSPS) is 10.5. The van der Waals surface area contributed by atoms with Crippen LogP contribution >= 0.6 is 11.6 Å². The lowest BCUT2D eigenvalue weighted by atomic mass is 10.2. The van der Waals surface area contributed by atoms with Gasteiger partial charge in [0.25, 0.3) is 5.91 Å². The van der Waals surface area contributed by atoms with Gasteiger partial charge in [0.1, 0.15) is 0 Å². The molecule has 1 heterocycles. The smallest absolute Gasteiger partial charge is 0.256 e. The Morgan fingerprint density at radius 3 is 2.15 bits per heavy atom. The van der Waals surface area contributed by atoms with Crippen molar-refractivity contribution in [1.82, 2.24) is 10.2 Å². The highest BCUT2D eigenvalue weighted by molar-refractivity contribution is 6.30. The maximum absolute atomic E-state index is 13.6. The molecule has 0 bridgehead atoms. The molecule has 9 heteroatoms. The lowest BCUT2D eigenvalue weighted by molar-refractivity contribution is 0.102. The molecule has 1 aromatic heterocycles. The number of amides is 1. The summed E-state index contributed by atoms with van der Waals surface area (Å²) in [5.41, 5.74) is 0.0819. The number of carbonyl (C=O) groups is 1. The first-order valence-electron chi connectivity index (χ1n) is 7.25. The predicted molar refractivity (Wildman–Crippen MR) is 91.0 cm³/mol. The average molecular weight is 379 g/mol. The summed E-state index contributed by atoms with van der Waals surface area (Å²) in [6.45, 7) is 0. The van der Waals surface area contributed by atoms with Gasteiger partial charge >= 0.3 is 0 Å². The maximum atomic E-state index is 13.6. The van der Waals surface area contributed by atoms with E-state index in [2.05, 4.69) is 20.8 Å². The third kappa shape index (κ3) is 3.92. The zero-order chi connectivity index (χ0) is 18.7. The summed E-state index contributed by atoms with van der Waals surface area (Å²) in [5, 5.41) is 13.0. The van der Waals surface area contributed by atoms with Crippen LogP contribution in [-0.2, 0) is 0 Å². The quantitative estimate of drug-likeness (QED) is 0.654. The van der Waals surface area contributed by atoms with E-state index < -0.39 is 23.4 Å². The molecule has 0 aliphatic rings. The summed E-state index contributed by atoms with van der Waals surface area (Å²) >= 11 is 5.76. The Morgan fingerprint density at radius 2 is 1.50 bits per heavy atom. The van der Waals surface area contributed by atoms with Gasteiger partial charge in [-0.25, -0.2) is 13.2 Å². The molecule has 132 valence electrons. The van der Waals surface area contributed by atoms with Crippen LogP contribution < -0.4 is 10.6 Å². The molecule has 0 unspecified atom stereocenters. The van der Waals surface area contributed by atoms with Gasteiger partial charge in [0.15, 0.2) is 29.1 Å². The van der Waals surface area contributed by atoms with Crippen molar-refractivity contribution < 1.29 is 18.0 Å². The van der Waals surface area contributed by atoms with Crippen molar-refractivity contribution in [1.29, 1.82) is 0 Å². The Kier molecular flexibility index (Phi) is 5.04. The second kappa shape index (κ2) is 7.40. The number of hydrogen-bond acceptors (Lipinski definition) is 4. The van der Waals surface area contributed by atoms with E-state index in [4.69, 9.17) is 11.6 Å². The molecule has 0 atom stereocenters. The number of hydrogen-bond donors (Lipinski definition) is 2. The summed E-state index contributed by atoms with van der Waals surface area (Å²) < 4.78 is 39.7. The number of nitrogens with zero attached hydrogens (tertiary/aromatic N) is 2. The van der Waals surface area contributed by atoms with Crippen LogP contribution in [0.15, 0.2) is 48.5 Å². The SMILES string of the molecule is O=C(Nc1ccc(Nc2ccc(F)c(F)c2F)nn1)c1ccc(Cl)cc1. The molecule has 0 saturated carbocycles. The fourth-order valence-corrected chi connectivity index (χ4v) is 2.14. The third-order valence-electron chi connectivity index (χ3n) is 3.31. The highest BCUT2D eigenvalue weighted by Gasteiger charge is 2.14. The molecule has 0 spiro atoms. The molecule has 1 amide bonds. The molecule has 5 nitrogen and oxygen atoms in total.